The van der Waals surface area contributed by atoms with E-state index in [1.165, 1.54) is 21.3 Å². The third kappa shape index (κ3) is 4.54. The van der Waals surface area contributed by atoms with Crippen molar-refractivity contribution in [2.45, 2.75) is 26.1 Å². The molecule has 4 heterocycles. The van der Waals surface area contributed by atoms with Crippen LogP contribution >= 0.6 is 0 Å². The fourth-order valence-corrected chi connectivity index (χ4v) is 4.26. The van der Waals surface area contributed by atoms with Crippen LogP contribution in [0.5, 0.6) is 11.5 Å². The molecule has 0 bridgehead atoms. The Morgan fingerprint density at radius 1 is 0.974 bits per heavy atom. The van der Waals surface area contributed by atoms with Gasteiger partial charge in [0.05, 0.1) is 11.7 Å². The Morgan fingerprint density at radius 2 is 1.69 bits per heavy atom. The summed E-state index contributed by atoms with van der Waals surface area (Å²) in [7, 11) is 1.60. The summed E-state index contributed by atoms with van der Waals surface area (Å²) in [6, 6.07) is 10.6. The largest absolute Gasteiger partial charge is 0.423 e. The normalized spacial score (nSPS) is 16.1. The van der Waals surface area contributed by atoms with Gasteiger partial charge in [-0.2, -0.15) is 9.49 Å². The van der Waals surface area contributed by atoms with Crippen LogP contribution < -0.4 is 25.9 Å². The third-order valence-electron chi connectivity index (χ3n) is 6.18. The first-order valence-electron chi connectivity index (χ1n) is 11.9. The van der Waals surface area contributed by atoms with Crippen molar-refractivity contribution < 1.29 is 27.9 Å². The van der Waals surface area contributed by atoms with Gasteiger partial charge >= 0.3 is 11.8 Å². The lowest BCUT2D eigenvalue weighted by Crippen LogP contribution is -2.28. The van der Waals surface area contributed by atoms with Crippen molar-refractivity contribution in [3.8, 4) is 11.5 Å². The summed E-state index contributed by atoms with van der Waals surface area (Å²) in [6.45, 7) is 1.41. The summed E-state index contributed by atoms with van der Waals surface area (Å²) in [4.78, 5) is 42.1. The zero-order valence-corrected chi connectivity index (χ0v) is 20.7. The van der Waals surface area contributed by atoms with E-state index >= 15 is 0 Å². The molecule has 5 aromatic rings. The summed E-state index contributed by atoms with van der Waals surface area (Å²) in [5.74, 6) is -0.972. The number of oxazole rings is 1. The predicted octanol–water partition coefficient (Wildman–Crippen LogP) is 2.45. The van der Waals surface area contributed by atoms with Gasteiger partial charge in [0.25, 0.3) is 11.8 Å². The van der Waals surface area contributed by atoms with Gasteiger partial charge in [0.2, 0.25) is 0 Å². The maximum absolute atomic E-state index is 13.9. The molecule has 0 fully saturated rings. The van der Waals surface area contributed by atoms with Crippen LogP contribution in [0.4, 0.5) is 4.39 Å². The molecular formula is C26H21FN6O6. The maximum atomic E-state index is 13.9. The molecule has 3 aromatic heterocycles. The second-order valence-corrected chi connectivity index (χ2v) is 9.04. The lowest BCUT2D eigenvalue weighted by molar-refractivity contribution is -0.173. The molecule has 2 N–H and O–H groups in total. The highest BCUT2D eigenvalue weighted by atomic mass is 19.2. The van der Waals surface area contributed by atoms with E-state index in [2.05, 4.69) is 20.7 Å². The Labute approximate surface area is 219 Å². The zero-order chi connectivity index (χ0) is 27.3. The number of rotatable bonds is 6. The second kappa shape index (κ2) is 8.97. The number of nitrogens with zero attached hydrogens (tertiary/aromatic N) is 4. The number of halogens is 1. The van der Waals surface area contributed by atoms with Crippen molar-refractivity contribution in [3.05, 3.63) is 87.8 Å². The van der Waals surface area contributed by atoms with E-state index in [0.29, 0.717) is 22.3 Å². The van der Waals surface area contributed by atoms with Gasteiger partial charge in [-0.1, -0.05) is 12.1 Å². The minimum Gasteiger partial charge on any atom is -0.423 e. The third-order valence-corrected chi connectivity index (χ3v) is 6.18. The number of ether oxygens (including phenoxy) is 2. The number of fused-ring (bicyclic) bond motifs is 3. The molecule has 13 heteroatoms. The van der Waals surface area contributed by atoms with Crippen molar-refractivity contribution in [1.29, 1.82) is 0 Å². The second-order valence-electron chi connectivity index (χ2n) is 9.04. The van der Waals surface area contributed by atoms with Gasteiger partial charge in [-0.25, -0.2) is 14.3 Å². The number of alkyl halides is 1. The number of carbonyl (C=O) groups excluding carboxylic acids is 2. The number of nitrogens with one attached hydrogen (secondary N) is 2. The molecule has 0 saturated heterocycles. The highest BCUT2D eigenvalue weighted by Crippen LogP contribution is 2.40. The van der Waals surface area contributed by atoms with Crippen LogP contribution in [0.1, 0.15) is 39.0 Å². The number of amides is 2. The molecule has 1 aliphatic rings. The molecule has 198 valence electrons. The van der Waals surface area contributed by atoms with E-state index in [-0.39, 0.29) is 36.0 Å². The first kappa shape index (κ1) is 24.2. The number of carbonyl (C=O) groups is 2. The molecule has 1 aliphatic heterocycles. The number of hydrogen-bond donors (Lipinski definition) is 2. The van der Waals surface area contributed by atoms with Gasteiger partial charge in [-0.3, -0.25) is 14.2 Å². The summed E-state index contributed by atoms with van der Waals surface area (Å²) in [5.41, 5.74) is 2.88. The molecular weight excluding hydrogens is 511 g/mol. The van der Waals surface area contributed by atoms with Crippen LogP contribution in [0, 0.1) is 0 Å². The summed E-state index contributed by atoms with van der Waals surface area (Å²) in [5, 5.41) is 9.69. The van der Waals surface area contributed by atoms with Crippen LogP contribution in [0.25, 0.3) is 16.7 Å². The van der Waals surface area contributed by atoms with Crippen molar-refractivity contribution in [3.63, 3.8) is 0 Å². The lowest BCUT2D eigenvalue weighted by atomic mass is 10.2. The van der Waals surface area contributed by atoms with Crippen LogP contribution in [0.2, 0.25) is 0 Å². The summed E-state index contributed by atoms with van der Waals surface area (Å²) < 4.78 is 31.9. The average molecular weight is 532 g/mol. The fourth-order valence-electron chi connectivity index (χ4n) is 4.26. The van der Waals surface area contributed by atoms with Gasteiger partial charge in [-0.05, 0) is 35.4 Å². The first-order valence-corrected chi connectivity index (χ1v) is 11.9. The van der Waals surface area contributed by atoms with E-state index in [4.69, 9.17) is 13.9 Å². The van der Waals surface area contributed by atoms with Gasteiger partial charge in [-0.15, -0.1) is 0 Å². The average Bonchev–Trinajstić information content (AvgIpc) is 3.59. The molecule has 12 nitrogen and oxygen atoms in total. The maximum Gasteiger partial charge on any atom is 0.419 e. The highest BCUT2D eigenvalue weighted by Gasteiger charge is 2.36. The summed E-state index contributed by atoms with van der Waals surface area (Å²) >= 11 is 0. The standard InChI is InChI=1S/C26H21FN6O6/c1-26(27)38-20-6-4-15(10-21(20)39-26)13-29-24(35)18-11-16(31-22-7-8-30-33(18)22)23(34)28-12-14-3-5-19-17(9-14)32(2)25(36)37-19/h3-11H,12-13H2,1-2H3,(H,28,34)(H,29,35). The minimum absolute atomic E-state index is 0.0234. The number of benzene rings is 2. The molecule has 0 spiro atoms. The topological polar surface area (TPSA) is 142 Å². The van der Waals surface area contributed by atoms with Crippen molar-refractivity contribution in [2.75, 3.05) is 0 Å². The van der Waals surface area contributed by atoms with E-state index in [1.807, 2.05) is 0 Å². The fraction of sp³-hybridized carbons (Fsp3) is 0.192. The summed E-state index contributed by atoms with van der Waals surface area (Å²) in [6.07, 6.45) is 1.47. The van der Waals surface area contributed by atoms with E-state index in [0.717, 1.165) is 12.5 Å². The molecule has 2 amide bonds. The molecule has 0 saturated carbocycles. The van der Waals surface area contributed by atoms with Gasteiger partial charge in [0, 0.05) is 39.2 Å². The SMILES string of the molecule is Cn1c(=O)oc2ccc(CNC(=O)c3cc(C(=O)NCc4ccc5c(c4)OC(C)(F)O5)n4nccc4n3)cc21. The quantitative estimate of drug-likeness (QED) is 0.340. The number of hydrogen-bond acceptors (Lipinski definition) is 8. The molecule has 1 atom stereocenters. The van der Waals surface area contributed by atoms with Crippen LogP contribution in [0.3, 0.4) is 0 Å². The Balaban J connectivity index is 1.18. The Bertz CT molecular complexity index is 1840. The van der Waals surface area contributed by atoms with E-state index in [9.17, 15) is 18.8 Å². The predicted molar refractivity (Wildman–Crippen MR) is 134 cm³/mol. The molecule has 0 radical (unpaired) electrons. The smallest absolute Gasteiger partial charge is 0.419 e. The lowest BCUT2D eigenvalue weighted by Gasteiger charge is -2.10. The highest BCUT2D eigenvalue weighted by molar-refractivity contribution is 5.98. The van der Waals surface area contributed by atoms with Crippen molar-refractivity contribution in [1.82, 2.24) is 29.8 Å². The van der Waals surface area contributed by atoms with Gasteiger partial charge in [0.15, 0.2) is 22.7 Å². The van der Waals surface area contributed by atoms with Gasteiger partial charge < -0.3 is 24.5 Å². The molecule has 6 rings (SSSR count). The molecule has 2 aromatic carbocycles. The molecule has 39 heavy (non-hydrogen) atoms. The minimum atomic E-state index is -2.24. The number of aromatic nitrogens is 4. The monoisotopic (exact) mass is 532 g/mol. The number of aryl methyl sites for hydroxylation is 1. The molecule has 1 unspecified atom stereocenters. The van der Waals surface area contributed by atoms with Crippen LogP contribution in [-0.4, -0.2) is 37.0 Å². The van der Waals surface area contributed by atoms with Crippen molar-refractivity contribution >= 4 is 28.6 Å². The van der Waals surface area contributed by atoms with E-state index < -0.39 is 23.6 Å². The van der Waals surface area contributed by atoms with Crippen LogP contribution in [0.15, 0.2) is 63.9 Å². The Kier molecular flexibility index (Phi) is 5.56. The zero-order valence-electron chi connectivity index (χ0n) is 20.7. The Morgan fingerprint density at radius 3 is 2.51 bits per heavy atom. The van der Waals surface area contributed by atoms with E-state index in [1.54, 1.807) is 49.5 Å². The first-order chi connectivity index (χ1) is 18.7. The Hall–Kier alpha value is -5.20. The van der Waals surface area contributed by atoms with Crippen LogP contribution in [-0.2, 0) is 20.1 Å². The van der Waals surface area contributed by atoms with Crippen molar-refractivity contribution in [2.24, 2.45) is 7.05 Å². The van der Waals surface area contributed by atoms with Gasteiger partial charge in [0.1, 0.15) is 11.4 Å². The molecule has 0 aliphatic carbocycles.